The van der Waals surface area contributed by atoms with Crippen LogP contribution in [-0.2, 0) is 21.2 Å². The Bertz CT molecular complexity index is 1970. The van der Waals surface area contributed by atoms with Gasteiger partial charge in [-0.3, -0.25) is 14.9 Å². The average molecular weight is 693 g/mol. The Balaban J connectivity index is 1.33. The summed E-state index contributed by atoms with van der Waals surface area (Å²) in [6.45, 7) is 5.54. The van der Waals surface area contributed by atoms with E-state index in [0.717, 1.165) is 38.5 Å². The van der Waals surface area contributed by atoms with Crippen molar-refractivity contribution in [2.75, 3.05) is 26.2 Å². The molecule has 0 fully saturated rings. The van der Waals surface area contributed by atoms with E-state index < -0.39 is 38.6 Å². The van der Waals surface area contributed by atoms with E-state index in [1.165, 1.54) is 18.2 Å². The van der Waals surface area contributed by atoms with Gasteiger partial charge in [0.05, 0.1) is 35.1 Å². The Morgan fingerprint density at radius 3 is 2.47 bits per heavy atom. The van der Waals surface area contributed by atoms with E-state index in [0.29, 0.717) is 24.4 Å². The second kappa shape index (κ2) is 15.3. The summed E-state index contributed by atoms with van der Waals surface area (Å²) in [5.41, 5.74) is 2.07. The Morgan fingerprint density at radius 1 is 1.08 bits per heavy atom. The van der Waals surface area contributed by atoms with Crippen LogP contribution in [0.3, 0.4) is 0 Å². The first kappa shape index (κ1) is 35.7. The SMILES string of the molecule is Cc1cc(=O)oc2cc3c(cc12)OCCC3NCC(=O)N[C@@H](Cc1ccccc1)[C@H](O)CN(CC(C)C)S(=O)(=O)c1ccc([N+](=O)[O-])cc1. The molecule has 0 spiro atoms. The molecule has 13 nitrogen and oxygen atoms in total. The second-order valence-corrected chi connectivity index (χ2v) is 14.5. The van der Waals surface area contributed by atoms with E-state index in [4.69, 9.17) is 9.15 Å². The molecule has 4 aromatic rings. The van der Waals surface area contributed by atoms with Gasteiger partial charge in [0.25, 0.3) is 5.69 Å². The molecule has 0 radical (unpaired) electrons. The van der Waals surface area contributed by atoms with Gasteiger partial charge >= 0.3 is 5.63 Å². The number of carbonyl (C=O) groups is 1. The number of non-ortho nitro benzene ring substituents is 1. The Labute approximate surface area is 284 Å². The van der Waals surface area contributed by atoms with E-state index in [-0.39, 0.29) is 48.6 Å². The van der Waals surface area contributed by atoms with E-state index in [1.807, 2.05) is 57.2 Å². The summed E-state index contributed by atoms with van der Waals surface area (Å²) in [6.07, 6.45) is -0.523. The third kappa shape index (κ3) is 8.70. The molecule has 0 aliphatic carbocycles. The summed E-state index contributed by atoms with van der Waals surface area (Å²) < 4.78 is 39.8. The number of carbonyl (C=O) groups excluding carboxylic acids is 1. The monoisotopic (exact) mass is 692 g/mol. The van der Waals surface area contributed by atoms with Crippen molar-refractivity contribution in [3.8, 4) is 5.75 Å². The van der Waals surface area contributed by atoms with Gasteiger partial charge in [-0.15, -0.1) is 0 Å². The molecular formula is C35H40N4O9S. The quantitative estimate of drug-likeness (QED) is 0.0998. The molecule has 1 unspecified atom stereocenters. The van der Waals surface area contributed by atoms with Crippen molar-refractivity contribution in [1.82, 2.24) is 14.9 Å². The van der Waals surface area contributed by atoms with Crippen LogP contribution in [0.15, 0.2) is 86.9 Å². The maximum Gasteiger partial charge on any atom is 0.336 e. The van der Waals surface area contributed by atoms with E-state index >= 15 is 0 Å². The summed E-state index contributed by atoms with van der Waals surface area (Å²) in [4.78, 5) is 35.8. The molecule has 5 rings (SSSR count). The van der Waals surface area contributed by atoms with Gasteiger partial charge in [0, 0.05) is 54.7 Å². The number of aryl methyl sites for hydroxylation is 1. The summed E-state index contributed by atoms with van der Waals surface area (Å²) in [7, 11) is -4.16. The molecule has 49 heavy (non-hydrogen) atoms. The van der Waals surface area contributed by atoms with Crippen LogP contribution in [0.5, 0.6) is 5.75 Å². The molecular weight excluding hydrogens is 652 g/mol. The first-order valence-electron chi connectivity index (χ1n) is 16.0. The van der Waals surface area contributed by atoms with Crippen LogP contribution in [-0.4, -0.2) is 67.0 Å². The third-order valence-corrected chi connectivity index (χ3v) is 10.2. The lowest BCUT2D eigenvalue weighted by Gasteiger charge is -2.31. The maximum atomic E-state index is 13.7. The van der Waals surface area contributed by atoms with Crippen LogP contribution in [0.25, 0.3) is 11.0 Å². The number of fused-ring (bicyclic) bond motifs is 2. The highest BCUT2D eigenvalue weighted by Crippen LogP contribution is 2.36. The molecule has 14 heteroatoms. The molecule has 1 amide bonds. The average Bonchev–Trinajstić information content (AvgIpc) is 3.06. The zero-order valence-corrected chi connectivity index (χ0v) is 28.3. The Kier molecular flexibility index (Phi) is 11.1. The van der Waals surface area contributed by atoms with Crippen molar-refractivity contribution in [2.24, 2.45) is 5.92 Å². The normalized spacial score (nSPS) is 15.8. The smallest absolute Gasteiger partial charge is 0.336 e. The maximum absolute atomic E-state index is 13.7. The predicted molar refractivity (Wildman–Crippen MR) is 183 cm³/mol. The van der Waals surface area contributed by atoms with Gasteiger partial charge in [-0.25, -0.2) is 13.2 Å². The van der Waals surface area contributed by atoms with Gasteiger partial charge in [0.2, 0.25) is 15.9 Å². The van der Waals surface area contributed by atoms with Crippen molar-refractivity contribution in [3.05, 3.63) is 110 Å². The van der Waals surface area contributed by atoms with Crippen LogP contribution in [0, 0.1) is 23.0 Å². The van der Waals surface area contributed by atoms with Crippen LogP contribution in [0.4, 0.5) is 5.69 Å². The molecule has 3 aromatic carbocycles. The van der Waals surface area contributed by atoms with Crippen molar-refractivity contribution < 1.29 is 32.4 Å². The van der Waals surface area contributed by atoms with Gasteiger partial charge in [-0.05, 0) is 54.7 Å². The van der Waals surface area contributed by atoms with Crippen molar-refractivity contribution in [2.45, 2.75) is 56.7 Å². The zero-order valence-electron chi connectivity index (χ0n) is 27.5. The number of ether oxygens (including phenoxy) is 1. The zero-order chi connectivity index (χ0) is 35.3. The first-order chi connectivity index (χ1) is 23.3. The minimum atomic E-state index is -4.16. The lowest BCUT2D eigenvalue weighted by Crippen LogP contribution is -2.52. The number of nitrogens with zero attached hydrogens (tertiary/aromatic N) is 2. The highest BCUT2D eigenvalue weighted by atomic mass is 32.2. The minimum Gasteiger partial charge on any atom is -0.493 e. The van der Waals surface area contributed by atoms with Gasteiger partial charge in [-0.2, -0.15) is 4.31 Å². The molecule has 0 saturated heterocycles. The van der Waals surface area contributed by atoms with Crippen LogP contribution in [0.2, 0.25) is 0 Å². The van der Waals surface area contributed by atoms with Gasteiger partial charge in [0.1, 0.15) is 11.3 Å². The number of nitro benzene ring substituents is 1. The number of rotatable bonds is 14. The second-order valence-electron chi connectivity index (χ2n) is 12.6. The molecule has 1 aliphatic rings. The largest absolute Gasteiger partial charge is 0.493 e. The number of sulfonamides is 1. The third-order valence-electron chi connectivity index (χ3n) is 8.38. The molecule has 1 aliphatic heterocycles. The molecule has 0 bridgehead atoms. The van der Waals surface area contributed by atoms with E-state index in [2.05, 4.69) is 10.6 Å². The summed E-state index contributed by atoms with van der Waals surface area (Å²) in [5.74, 6) is 0.109. The molecule has 2 heterocycles. The van der Waals surface area contributed by atoms with Crippen molar-refractivity contribution in [1.29, 1.82) is 0 Å². The van der Waals surface area contributed by atoms with Gasteiger partial charge < -0.3 is 24.9 Å². The number of hydrogen-bond donors (Lipinski definition) is 3. The topological polar surface area (TPSA) is 181 Å². The lowest BCUT2D eigenvalue weighted by atomic mass is 9.97. The molecule has 3 atom stereocenters. The van der Waals surface area contributed by atoms with Crippen LogP contribution >= 0.6 is 0 Å². The Morgan fingerprint density at radius 2 is 1.80 bits per heavy atom. The van der Waals surface area contributed by atoms with Gasteiger partial charge in [-0.1, -0.05) is 44.2 Å². The van der Waals surface area contributed by atoms with Gasteiger partial charge in [0.15, 0.2) is 0 Å². The van der Waals surface area contributed by atoms with E-state index in [9.17, 15) is 33.2 Å². The highest BCUT2D eigenvalue weighted by Gasteiger charge is 2.32. The van der Waals surface area contributed by atoms with Crippen molar-refractivity contribution in [3.63, 3.8) is 0 Å². The molecule has 1 aromatic heterocycles. The fourth-order valence-electron chi connectivity index (χ4n) is 5.94. The number of aliphatic hydroxyl groups excluding tert-OH is 1. The van der Waals surface area contributed by atoms with E-state index in [1.54, 1.807) is 6.07 Å². The lowest BCUT2D eigenvalue weighted by molar-refractivity contribution is -0.384. The molecule has 3 N–H and O–H groups in total. The number of hydrogen-bond acceptors (Lipinski definition) is 10. The first-order valence-corrected chi connectivity index (χ1v) is 17.5. The Hall–Kier alpha value is -4.63. The fourth-order valence-corrected chi connectivity index (χ4v) is 7.56. The minimum absolute atomic E-state index is 0.0709. The van der Waals surface area contributed by atoms with Crippen LogP contribution in [0.1, 0.15) is 43.0 Å². The number of nitrogens with one attached hydrogen (secondary N) is 2. The summed E-state index contributed by atoms with van der Waals surface area (Å²) in [5, 5.41) is 29.6. The number of nitro groups is 1. The standard InChI is InChI=1S/C35H40N4O9S/c1-22(2)20-38(49(45,46)26-11-9-25(10-12-26)39(43)44)21-31(40)30(16-24-7-5-4-6-8-24)37-34(41)19-36-29-13-14-47-32-17-27-23(3)15-35(42)48-33(27)18-28(29)32/h4-12,15,17-18,22,29-31,36,40H,13-14,16,19-21H2,1-3H3,(H,37,41)/t29?,30-,31+/m0/s1. The predicted octanol–water partition coefficient (Wildman–Crippen LogP) is 3.86. The molecule has 0 saturated carbocycles. The van der Waals surface area contributed by atoms with Crippen molar-refractivity contribution >= 4 is 32.6 Å². The summed E-state index contributed by atoms with van der Waals surface area (Å²) in [6, 6.07) is 17.7. The number of benzene rings is 3. The fraction of sp³-hybridized carbons (Fsp3) is 0.371. The summed E-state index contributed by atoms with van der Waals surface area (Å²) >= 11 is 0. The number of aliphatic hydroxyl groups is 1. The number of amides is 1. The molecule has 260 valence electrons. The highest BCUT2D eigenvalue weighted by molar-refractivity contribution is 7.89. The van der Waals surface area contributed by atoms with Crippen LogP contribution < -0.4 is 21.0 Å².